The van der Waals surface area contributed by atoms with Crippen molar-refractivity contribution < 1.29 is 0 Å². The zero-order chi connectivity index (χ0) is 11.2. The highest BCUT2D eigenvalue weighted by atomic mass is 14.9. The molecule has 2 aromatic rings. The highest BCUT2D eigenvalue weighted by molar-refractivity contribution is 5.23. The second kappa shape index (κ2) is 5.47. The molecule has 0 spiro atoms. The lowest BCUT2D eigenvalue weighted by Crippen LogP contribution is -2.18. The van der Waals surface area contributed by atoms with Crippen LogP contribution in [0.3, 0.4) is 0 Å². The largest absolute Gasteiger partial charge is 0.313 e. The summed E-state index contributed by atoms with van der Waals surface area (Å²) in [5.74, 6) is 0. The first-order valence-corrected chi connectivity index (χ1v) is 5.57. The molecule has 0 amide bonds. The van der Waals surface area contributed by atoms with Gasteiger partial charge in [-0.1, -0.05) is 54.6 Å². The summed E-state index contributed by atoms with van der Waals surface area (Å²) in [6.45, 7) is 0. The van der Waals surface area contributed by atoms with E-state index in [4.69, 9.17) is 0 Å². The minimum Gasteiger partial charge on any atom is -0.313 e. The van der Waals surface area contributed by atoms with Crippen LogP contribution in [0, 0.1) is 6.07 Å². The van der Waals surface area contributed by atoms with E-state index in [1.54, 1.807) is 0 Å². The molecule has 0 saturated heterocycles. The molecule has 16 heavy (non-hydrogen) atoms. The number of rotatable bonds is 4. The predicted molar refractivity (Wildman–Crippen MR) is 67.2 cm³/mol. The van der Waals surface area contributed by atoms with Gasteiger partial charge in [0.15, 0.2) is 0 Å². The fraction of sp³-hybridized carbons (Fsp3) is 0.200. The van der Waals surface area contributed by atoms with Crippen LogP contribution in [0.25, 0.3) is 0 Å². The van der Waals surface area contributed by atoms with E-state index in [0.717, 1.165) is 6.42 Å². The molecule has 0 aliphatic heterocycles. The molecular weight excluding hydrogens is 194 g/mol. The summed E-state index contributed by atoms with van der Waals surface area (Å²) in [5.41, 5.74) is 2.67. The van der Waals surface area contributed by atoms with Crippen molar-refractivity contribution in [1.29, 1.82) is 0 Å². The molecule has 1 radical (unpaired) electrons. The first-order chi connectivity index (χ1) is 7.90. The van der Waals surface area contributed by atoms with Crippen LogP contribution in [0.15, 0.2) is 54.6 Å². The summed E-state index contributed by atoms with van der Waals surface area (Å²) < 4.78 is 0. The molecule has 1 N–H and O–H groups in total. The summed E-state index contributed by atoms with van der Waals surface area (Å²) in [6, 6.07) is 22.1. The summed E-state index contributed by atoms with van der Waals surface area (Å²) in [5, 5.41) is 3.36. The van der Waals surface area contributed by atoms with Gasteiger partial charge in [-0.05, 0) is 30.7 Å². The standard InChI is InChI=1S/C15H16N/c1-16-15(14-10-6-3-7-11-14)12-13-8-4-2-5-9-13/h3-11,15-16H,12H2,1H3. The Labute approximate surface area is 97.1 Å². The Hall–Kier alpha value is -1.60. The third-order valence-electron chi connectivity index (χ3n) is 2.78. The van der Waals surface area contributed by atoms with Crippen LogP contribution in [-0.2, 0) is 6.42 Å². The fourth-order valence-corrected chi connectivity index (χ4v) is 1.87. The van der Waals surface area contributed by atoms with Crippen LogP contribution in [0.4, 0.5) is 0 Å². The smallest absolute Gasteiger partial charge is 0.0358 e. The molecule has 0 fully saturated rings. The third kappa shape index (κ3) is 2.71. The quantitative estimate of drug-likeness (QED) is 0.818. The Balaban J connectivity index is 2.13. The van der Waals surface area contributed by atoms with Crippen LogP contribution in [0.5, 0.6) is 0 Å². The molecule has 0 heterocycles. The van der Waals surface area contributed by atoms with Gasteiger partial charge in [0.2, 0.25) is 0 Å². The number of hydrogen-bond donors (Lipinski definition) is 1. The molecule has 0 aliphatic carbocycles. The van der Waals surface area contributed by atoms with E-state index in [1.807, 2.05) is 25.2 Å². The van der Waals surface area contributed by atoms with Gasteiger partial charge in [0.1, 0.15) is 0 Å². The lowest BCUT2D eigenvalue weighted by molar-refractivity contribution is 0.592. The van der Waals surface area contributed by atoms with E-state index >= 15 is 0 Å². The first kappa shape index (κ1) is 10.9. The van der Waals surface area contributed by atoms with Crippen LogP contribution in [0.2, 0.25) is 0 Å². The average molecular weight is 210 g/mol. The van der Waals surface area contributed by atoms with Crippen molar-refractivity contribution in [3.8, 4) is 0 Å². The first-order valence-electron chi connectivity index (χ1n) is 5.57. The van der Waals surface area contributed by atoms with Crippen LogP contribution < -0.4 is 5.32 Å². The van der Waals surface area contributed by atoms with Crippen molar-refractivity contribution >= 4 is 0 Å². The van der Waals surface area contributed by atoms with Crippen LogP contribution >= 0.6 is 0 Å². The Morgan fingerprint density at radius 1 is 1.06 bits per heavy atom. The summed E-state index contributed by atoms with van der Waals surface area (Å²) in [4.78, 5) is 0. The molecule has 1 nitrogen and oxygen atoms in total. The molecule has 0 aromatic heterocycles. The van der Waals surface area contributed by atoms with Gasteiger partial charge in [0.05, 0.1) is 0 Å². The molecule has 1 unspecified atom stereocenters. The molecule has 1 atom stereocenters. The number of benzene rings is 2. The van der Waals surface area contributed by atoms with Gasteiger partial charge in [-0.3, -0.25) is 0 Å². The van der Waals surface area contributed by atoms with Gasteiger partial charge >= 0.3 is 0 Å². The minimum atomic E-state index is 0.378. The second-order valence-corrected chi connectivity index (χ2v) is 3.86. The van der Waals surface area contributed by atoms with E-state index in [2.05, 4.69) is 47.8 Å². The number of hydrogen-bond acceptors (Lipinski definition) is 1. The van der Waals surface area contributed by atoms with Crippen LogP contribution in [-0.4, -0.2) is 7.05 Å². The van der Waals surface area contributed by atoms with Gasteiger partial charge in [-0.15, -0.1) is 0 Å². The van der Waals surface area contributed by atoms with E-state index in [-0.39, 0.29) is 0 Å². The maximum absolute atomic E-state index is 3.36. The lowest BCUT2D eigenvalue weighted by atomic mass is 9.99. The highest BCUT2D eigenvalue weighted by Crippen LogP contribution is 2.17. The van der Waals surface area contributed by atoms with Crippen molar-refractivity contribution in [2.45, 2.75) is 12.5 Å². The van der Waals surface area contributed by atoms with Crippen molar-refractivity contribution in [3.05, 3.63) is 71.8 Å². The number of nitrogens with one attached hydrogen (secondary N) is 1. The zero-order valence-corrected chi connectivity index (χ0v) is 9.48. The van der Waals surface area contributed by atoms with E-state index in [0.29, 0.717) is 6.04 Å². The minimum absolute atomic E-state index is 0.378. The lowest BCUT2D eigenvalue weighted by Gasteiger charge is -2.16. The van der Waals surface area contributed by atoms with Gasteiger partial charge < -0.3 is 5.32 Å². The van der Waals surface area contributed by atoms with Crippen molar-refractivity contribution in [2.75, 3.05) is 7.05 Å². The van der Waals surface area contributed by atoms with E-state index < -0.39 is 0 Å². The molecule has 0 saturated carbocycles. The second-order valence-electron chi connectivity index (χ2n) is 3.86. The zero-order valence-electron chi connectivity index (χ0n) is 9.48. The van der Waals surface area contributed by atoms with Gasteiger partial charge in [-0.2, -0.15) is 0 Å². The fourth-order valence-electron chi connectivity index (χ4n) is 1.87. The van der Waals surface area contributed by atoms with E-state index in [9.17, 15) is 0 Å². The summed E-state index contributed by atoms with van der Waals surface area (Å²) >= 11 is 0. The topological polar surface area (TPSA) is 12.0 Å². The molecule has 2 aromatic carbocycles. The maximum atomic E-state index is 3.36. The Morgan fingerprint density at radius 3 is 2.38 bits per heavy atom. The Bertz CT molecular complexity index is 408. The van der Waals surface area contributed by atoms with E-state index in [1.165, 1.54) is 11.1 Å². The molecule has 0 aliphatic rings. The number of likely N-dealkylation sites (N-methyl/N-ethyl adjacent to an activating group) is 1. The maximum Gasteiger partial charge on any atom is 0.0358 e. The molecule has 2 rings (SSSR count). The van der Waals surface area contributed by atoms with Gasteiger partial charge in [-0.25, -0.2) is 0 Å². The molecular formula is C15H16N. The molecule has 81 valence electrons. The third-order valence-corrected chi connectivity index (χ3v) is 2.78. The predicted octanol–water partition coefficient (Wildman–Crippen LogP) is 2.99. The Kier molecular flexibility index (Phi) is 3.73. The van der Waals surface area contributed by atoms with Crippen molar-refractivity contribution in [2.24, 2.45) is 0 Å². The molecule has 1 heteroatoms. The monoisotopic (exact) mass is 210 g/mol. The van der Waals surface area contributed by atoms with Gasteiger partial charge in [0.25, 0.3) is 0 Å². The van der Waals surface area contributed by atoms with Gasteiger partial charge in [0, 0.05) is 6.04 Å². The normalized spacial score (nSPS) is 12.3. The van der Waals surface area contributed by atoms with Crippen molar-refractivity contribution in [3.63, 3.8) is 0 Å². The average Bonchev–Trinajstić information content (AvgIpc) is 2.38. The summed E-state index contributed by atoms with van der Waals surface area (Å²) in [6.07, 6.45) is 1.01. The molecule has 0 bridgehead atoms. The Morgan fingerprint density at radius 2 is 1.75 bits per heavy atom. The SMILES string of the molecule is CNC(Cc1cc[c]cc1)c1ccccc1. The van der Waals surface area contributed by atoms with Crippen molar-refractivity contribution in [1.82, 2.24) is 5.32 Å². The highest BCUT2D eigenvalue weighted by Gasteiger charge is 2.08. The summed E-state index contributed by atoms with van der Waals surface area (Å²) in [7, 11) is 2.01. The van der Waals surface area contributed by atoms with Crippen LogP contribution in [0.1, 0.15) is 17.2 Å².